The molecule has 3 aromatic heterocycles. The topological polar surface area (TPSA) is 85.8 Å². The molecule has 7 heteroatoms. The zero-order valence-corrected chi connectivity index (χ0v) is 16.6. The van der Waals surface area contributed by atoms with E-state index in [9.17, 15) is 4.79 Å². The second-order valence-electron chi connectivity index (χ2n) is 7.68. The molecular weight excluding hydrogens is 366 g/mol. The Morgan fingerprint density at radius 1 is 1.10 bits per heavy atom. The summed E-state index contributed by atoms with van der Waals surface area (Å²) in [6.07, 6.45) is 4.02. The molecule has 7 nitrogen and oxygen atoms in total. The number of hydrogen-bond acceptors (Lipinski definition) is 6. The second kappa shape index (κ2) is 6.55. The molecule has 3 heterocycles. The van der Waals surface area contributed by atoms with Crippen LogP contribution >= 0.6 is 0 Å². The predicted molar refractivity (Wildman–Crippen MR) is 111 cm³/mol. The summed E-state index contributed by atoms with van der Waals surface area (Å²) in [4.78, 5) is 17.5. The van der Waals surface area contributed by atoms with Crippen LogP contribution in [-0.4, -0.2) is 19.7 Å². The first kappa shape index (κ1) is 17.6. The van der Waals surface area contributed by atoms with Gasteiger partial charge < -0.3 is 14.3 Å². The average Bonchev–Trinajstić information content (AvgIpc) is 3.46. The van der Waals surface area contributed by atoms with Gasteiger partial charge in [0, 0.05) is 41.5 Å². The molecule has 0 atom stereocenters. The SMILES string of the molecule is Cc1cc2c(cn1)cc(-c1cc(Nc3nnc(C4CC4)o3)ccc1C)c(=O)n2C. The zero-order valence-electron chi connectivity index (χ0n) is 16.6. The van der Waals surface area contributed by atoms with E-state index in [1.165, 1.54) is 0 Å². The Kier molecular flexibility index (Phi) is 3.97. The molecule has 0 aliphatic heterocycles. The quantitative estimate of drug-likeness (QED) is 0.564. The fourth-order valence-corrected chi connectivity index (χ4v) is 3.55. The van der Waals surface area contributed by atoms with E-state index >= 15 is 0 Å². The summed E-state index contributed by atoms with van der Waals surface area (Å²) < 4.78 is 7.37. The first-order valence-corrected chi connectivity index (χ1v) is 9.67. The molecular formula is C22H21N5O2. The summed E-state index contributed by atoms with van der Waals surface area (Å²) >= 11 is 0. The zero-order chi connectivity index (χ0) is 20.1. The van der Waals surface area contributed by atoms with Crippen LogP contribution in [0.3, 0.4) is 0 Å². The van der Waals surface area contributed by atoms with E-state index in [4.69, 9.17) is 4.42 Å². The second-order valence-corrected chi connectivity index (χ2v) is 7.68. The van der Waals surface area contributed by atoms with Crippen LogP contribution in [0.15, 0.2) is 45.7 Å². The van der Waals surface area contributed by atoms with Crippen LogP contribution in [0.2, 0.25) is 0 Å². The van der Waals surface area contributed by atoms with Crippen LogP contribution in [-0.2, 0) is 7.05 Å². The number of fused-ring (bicyclic) bond motifs is 1. The smallest absolute Gasteiger partial charge is 0.320 e. The lowest BCUT2D eigenvalue weighted by Gasteiger charge is -2.12. The Balaban J connectivity index is 1.56. The van der Waals surface area contributed by atoms with Crippen molar-refractivity contribution in [3.63, 3.8) is 0 Å². The molecule has 0 saturated heterocycles. The van der Waals surface area contributed by atoms with Crippen molar-refractivity contribution in [1.82, 2.24) is 19.7 Å². The fourth-order valence-electron chi connectivity index (χ4n) is 3.55. The van der Waals surface area contributed by atoms with E-state index < -0.39 is 0 Å². The average molecular weight is 387 g/mol. The van der Waals surface area contributed by atoms with Gasteiger partial charge >= 0.3 is 6.01 Å². The summed E-state index contributed by atoms with van der Waals surface area (Å²) in [6.45, 7) is 3.91. The molecule has 0 unspecified atom stereocenters. The van der Waals surface area contributed by atoms with Crippen LogP contribution in [0.4, 0.5) is 11.7 Å². The number of anilines is 2. The summed E-state index contributed by atoms with van der Waals surface area (Å²) in [5.74, 6) is 1.09. The van der Waals surface area contributed by atoms with Gasteiger partial charge in [0.1, 0.15) is 0 Å². The third-order valence-electron chi connectivity index (χ3n) is 5.39. The van der Waals surface area contributed by atoms with Crippen LogP contribution in [0, 0.1) is 13.8 Å². The number of nitrogens with one attached hydrogen (secondary N) is 1. The molecule has 1 fully saturated rings. The van der Waals surface area contributed by atoms with E-state index in [1.807, 2.05) is 50.4 Å². The molecule has 1 N–H and O–H groups in total. The van der Waals surface area contributed by atoms with Crippen molar-refractivity contribution in [2.45, 2.75) is 32.6 Å². The fraction of sp³-hybridized carbons (Fsp3) is 0.273. The first-order valence-electron chi connectivity index (χ1n) is 9.67. The molecule has 0 bridgehead atoms. The van der Waals surface area contributed by atoms with Gasteiger partial charge in [-0.05, 0) is 62.1 Å². The van der Waals surface area contributed by atoms with Crippen molar-refractivity contribution >= 4 is 22.6 Å². The predicted octanol–water partition coefficient (Wildman–Crippen LogP) is 4.22. The van der Waals surface area contributed by atoms with Crippen molar-refractivity contribution in [1.29, 1.82) is 0 Å². The molecule has 0 radical (unpaired) electrons. The van der Waals surface area contributed by atoms with Gasteiger partial charge in [-0.2, -0.15) is 0 Å². The lowest BCUT2D eigenvalue weighted by molar-refractivity contribution is 0.511. The van der Waals surface area contributed by atoms with Gasteiger partial charge in [-0.15, -0.1) is 5.10 Å². The molecule has 5 rings (SSSR count). The Morgan fingerprint density at radius 3 is 2.72 bits per heavy atom. The monoisotopic (exact) mass is 387 g/mol. The molecule has 1 aliphatic rings. The maximum absolute atomic E-state index is 13.1. The number of benzene rings is 1. The standard InChI is InChI=1S/C22H21N5O2/c1-12-4-7-16(24-22-26-25-20(29-22)14-5-6-14)10-17(12)18-9-15-11-23-13(2)8-19(15)27(3)21(18)28/h4,7-11,14H,5-6H2,1-3H3,(H,24,26). The third kappa shape index (κ3) is 3.18. The highest BCUT2D eigenvalue weighted by molar-refractivity contribution is 5.85. The number of rotatable bonds is 4. The number of pyridine rings is 2. The third-order valence-corrected chi connectivity index (χ3v) is 5.39. The Hall–Kier alpha value is -3.48. The number of nitrogens with zero attached hydrogens (tertiary/aromatic N) is 4. The van der Waals surface area contributed by atoms with E-state index in [2.05, 4.69) is 20.5 Å². The van der Waals surface area contributed by atoms with Gasteiger partial charge in [-0.3, -0.25) is 9.78 Å². The van der Waals surface area contributed by atoms with Crippen molar-refractivity contribution in [2.24, 2.45) is 7.05 Å². The number of hydrogen-bond donors (Lipinski definition) is 1. The summed E-state index contributed by atoms with van der Waals surface area (Å²) in [5, 5.41) is 12.3. The molecule has 1 aliphatic carbocycles. The van der Waals surface area contributed by atoms with Crippen molar-refractivity contribution in [3.8, 4) is 11.1 Å². The summed E-state index contributed by atoms with van der Waals surface area (Å²) in [7, 11) is 1.79. The maximum atomic E-state index is 13.1. The van der Waals surface area contributed by atoms with Gasteiger partial charge in [-0.1, -0.05) is 11.2 Å². The largest absolute Gasteiger partial charge is 0.408 e. The van der Waals surface area contributed by atoms with Crippen LogP contribution in [0.25, 0.3) is 22.0 Å². The first-order chi connectivity index (χ1) is 14.0. The van der Waals surface area contributed by atoms with Gasteiger partial charge in [0.15, 0.2) is 0 Å². The molecule has 4 aromatic rings. The van der Waals surface area contributed by atoms with Crippen molar-refractivity contribution in [3.05, 3.63) is 64.0 Å². The molecule has 0 spiro atoms. The molecule has 146 valence electrons. The molecule has 1 aromatic carbocycles. The number of aryl methyl sites for hydroxylation is 3. The van der Waals surface area contributed by atoms with Gasteiger partial charge in [0.25, 0.3) is 5.56 Å². The molecule has 1 saturated carbocycles. The van der Waals surface area contributed by atoms with Crippen LogP contribution < -0.4 is 10.9 Å². The highest BCUT2D eigenvalue weighted by Crippen LogP contribution is 2.39. The van der Waals surface area contributed by atoms with E-state index in [0.717, 1.165) is 46.3 Å². The molecule has 0 amide bonds. The Morgan fingerprint density at radius 2 is 1.93 bits per heavy atom. The Bertz CT molecular complexity index is 1300. The van der Waals surface area contributed by atoms with Gasteiger partial charge in [-0.25, -0.2) is 0 Å². The minimum atomic E-state index is -0.0443. The van der Waals surface area contributed by atoms with Gasteiger partial charge in [0.05, 0.1) is 5.52 Å². The summed E-state index contributed by atoms with van der Waals surface area (Å²) in [5.41, 5.74) is 5.01. The highest BCUT2D eigenvalue weighted by Gasteiger charge is 2.29. The van der Waals surface area contributed by atoms with Crippen LogP contribution in [0.1, 0.15) is 35.9 Å². The van der Waals surface area contributed by atoms with Crippen LogP contribution in [0.5, 0.6) is 0 Å². The van der Waals surface area contributed by atoms with Gasteiger partial charge in [0.2, 0.25) is 5.89 Å². The lowest BCUT2D eigenvalue weighted by Crippen LogP contribution is -2.19. The summed E-state index contributed by atoms with van der Waals surface area (Å²) in [6, 6.07) is 10.1. The number of aromatic nitrogens is 4. The minimum Gasteiger partial charge on any atom is -0.408 e. The van der Waals surface area contributed by atoms with E-state index in [-0.39, 0.29) is 5.56 Å². The van der Waals surface area contributed by atoms with E-state index in [1.54, 1.807) is 11.6 Å². The lowest BCUT2D eigenvalue weighted by atomic mass is 9.99. The normalized spacial score (nSPS) is 13.8. The maximum Gasteiger partial charge on any atom is 0.320 e. The highest BCUT2D eigenvalue weighted by atomic mass is 16.4. The molecule has 29 heavy (non-hydrogen) atoms. The van der Waals surface area contributed by atoms with Crippen molar-refractivity contribution < 1.29 is 4.42 Å². The van der Waals surface area contributed by atoms with E-state index in [0.29, 0.717) is 23.4 Å². The Labute approximate surface area is 167 Å². The van der Waals surface area contributed by atoms with Crippen molar-refractivity contribution in [2.75, 3.05) is 5.32 Å². The minimum absolute atomic E-state index is 0.0443.